The molecule has 0 saturated heterocycles. The van der Waals surface area contributed by atoms with E-state index in [2.05, 4.69) is 121 Å². The van der Waals surface area contributed by atoms with Crippen molar-refractivity contribution in [3.8, 4) is 56.2 Å². The van der Waals surface area contributed by atoms with Gasteiger partial charge in [-0.2, -0.15) is 0 Å². The van der Waals surface area contributed by atoms with Gasteiger partial charge >= 0.3 is 0 Å². The summed E-state index contributed by atoms with van der Waals surface area (Å²) in [5.74, 6) is 0.689. The maximum absolute atomic E-state index is 6.13. The molecule has 7 aromatic carbocycles. The van der Waals surface area contributed by atoms with Crippen molar-refractivity contribution in [2.24, 2.45) is 0 Å². The molecule has 2 aromatic heterocycles. The third kappa shape index (κ3) is 3.65. The third-order valence-corrected chi connectivity index (χ3v) is 9.23. The van der Waals surface area contributed by atoms with Gasteiger partial charge in [-0.15, -0.1) is 0 Å². The number of para-hydroxylation sites is 1. The Kier molecular flexibility index (Phi) is 5.00. The fourth-order valence-corrected chi connectivity index (χ4v) is 7.11. The minimum atomic E-state index is 0.689. The first-order valence-corrected chi connectivity index (χ1v) is 15.2. The maximum atomic E-state index is 6.13. The third-order valence-electron chi connectivity index (χ3n) is 9.23. The quantitative estimate of drug-likeness (QED) is 0.211. The smallest absolute Gasteiger partial charge is 0.160 e. The van der Waals surface area contributed by atoms with Crippen molar-refractivity contribution >= 4 is 43.5 Å². The van der Waals surface area contributed by atoms with E-state index in [4.69, 9.17) is 14.4 Å². The second-order valence-electron chi connectivity index (χ2n) is 11.8. The van der Waals surface area contributed by atoms with Crippen LogP contribution in [0.5, 0.6) is 0 Å². The molecule has 3 nitrogen and oxygen atoms in total. The molecule has 0 N–H and O–H groups in total. The lowest BCUT2D eigenvalue weighted by Gasteiger charge is -2.13. The van der Waals surface area contributed by atoms with Crippen molar-refractivity contribution in [2.45, 2.75) is 0 Å². The Labute approximate surface area is 259 Å². The SMILES string of the molecule is c1ccc2c(c1)-c1cccc3c(-c4cc(-c5ccc6ccccc6c5)nc(-c5ccc6oc7ccccc7c6c5)n4)ccc-2c13. The van der Waals surface area contributed by atoms with Crippen LogP contribution in [-0.2, 0) is 0 Å². The van der Waals surface area contributed by atoms with Gasteiger partial charge in [-0.05, 0) is 80.2 Å². The van der Waals surface area contributed by atoms with Crippen molar-refractivity contribution in [2.75, 3.05) is 0 Å². The van der Waals surface area contributed by atoms with E-state index in [1.165, 1.54) is 43.8 Å². The van der Waals surface area contributed by atoms with Crippen molar-refractivity contribution in [1.29, 1.82) is 0 Å². The van der Waals surface area contributed by atoms with Crippen LogP contribution in [0.1, 0.15) is 0 Å². The van der Waals surface area contributed by atoms with Gasteiger partial charge in [0.1, 0.15) is 11.2 Å². The number of rotatable bonds is 3. The highest BCUT2D eigenvalue weighted by atomic mass is 16.3. The van der Waals surface area contributed by atoms with E-state index < -0.39 is 0 Å². The predicted molar refractivity (Wildman–Crippen MR) is 185 cm³/mol. The topological polar surface area (TPSA) is 38.9 Å². The fraction of sp³-hybridized carbons (Fsp3) is 0. The van der Waals surface area contributed by atoms with Crippen molar-refractivity contribution < 1.29 is 4.42 Å². The van der Waals surface area contributed by atoms with Gasteiger partial charge in [0.2, 0.25) is 0 Å². The Morgan fingerprint density at radius 1 is 0.378 bits per heavy atom. The zero-order chi connectivity index (χ0) is 29.5. The van der Waals surface area contributed by atoms with Crippen molar-refractivity contribution in [1.82, 2.24) is 9.97 Å². The summed E-state index contributed by atoms with van der Waals surface area (Å²) < 4.78 is 6.13. The first-order chi connectivity index (χ1) is 22.3. The van der Waals surface area contributed by atoms with Crippen LogP contribution in [0.3, 0.4) is 0 Å². The Hall–Kier alpha value is -6.06. The molecule has 0 atom stereocenters. The van der Waals surface area contributed by atoms with Crippen LogP contribution in [-0.4, -0.2) is 9.97 Å². The van der Waals surface area contributed by atoms with Crippen LogP contribution >= 0.6 is 0 Å². The highest BCUT2D eigenvalue weighted by molar-refractivity contribution is 6.18. The second kappa shape index (κ2) is 9.22. The van der Waals surface area contributed by atoms with Gasteiger partial charge in [-0.1, -0.05) is 109 Å². The molecule has 0 aliphatic heterocycles. The largest absolute Gasteiger partial charge is 0.456 e. The number of benzene rings is 7. The predicted octanol–water partition coefficient (Wildman–Crippen LogP) is 11.3. The highest BCUT2D eigenvalue weighted by Gasteiger charge is 2.23. The average Bonchev–Trinajstić information content (AvgIpc) is 3.64. The molecule has 0 saturated carbocycles. The van der Waals surface area contributed by atoms with Gasteiger partial charge < -0.3 is 4.42 Å². The highest BCUT2D eigenvalue weighted by Crippen LogP contribution is 2.49. The first kappa shape index (κ1) is 24.4. The van der Waals surface area contributed by atoms with Crippen LogP contribution < -0.4 is 0 Å². The van der Waals surface area contributed by atoms with Crippen molar-refractivity contribution in [3.05, 3.63) is 146 Å². The van der Waals surface area contributed by atoms with E-state index in [1.54, 1.807) is 0 Å². The number of hydrogen-bond acceptors (Lipinski definition) is 3. The molecule has 0 spiro atoms. The molecule has 0 fully saturated rings. The van der Waals surface area contributed by atoms with E-state index in [0.29, 0.717) is 5.82 Å². The van der Waals surface area contributed by atoms with E-state index in [0.717, 1.165) is 50.0 Å². The minimum absolute atomic E-state index is 0.689. The van der Waals surface area contributed by atoms with Crippen LogP contribution in [0.2, 0.25) is 0 Å². The lowest BCUT2D eigenvalue weighted by molar-refractivity contribution is 0.669. The molecule has 2 heterocycles. The van der Waals surface area contributed by atoms with E-state index in [1.807, 2.05) is 24.3 Å². The van der Waals surface area contributed by atoms with Crippen LogP contribution in [0.4, 0.5) is 0 Å². The monoisotopic (exact) mass is 572 g/mol. The van der Waals surface area contributed by atoms with E-state index in [9.17, 15) is 0 Å². The number of hydrogen-bond donors (Lipinski definition) is 0. The van der Waals surface area contributed by atoms with Crippen LogP contribution in [0, 0.1) is 0 Å². The molecule has 10 rings (SSSR count). The lowest BCUT2D eigenvalue weighted by atomic mass is 9.95. The summed E-state index contributed by atoms with van der Waals surface area (Å²) in [4.78, 5) is 10.5. The van der Waals surface area contributed by atoms with E-state index >= 15 is 0 Å². The summed E-state index contributed by atoms with van der Waals surface area (Å²) in [5.41, 5.74) is 11.8. The zero-order valence-corrected chi connectivity index (χ0v) is 24.2. The Morgan fingerprint density at radius 3 is 1.96 bits per heavy atom. The summed E-state index contributed by atoms with van der Waals surface area (Å²) in [6.45, 7) is 0. The first-order valence-electron chi connectivity index (χ1n) is 15.2. The maximum Gasteiger partial charge on any atom is 0.160 e. The van der Waals surface area contributed by atoms with Gasteiger partial charge in [-0.25, -0.2) is 9.97 Å². The standard InChI is InChI=1S/C42H24N2O/c1-2-9-26-22-27(17-16-25(26)8-1)37-24-38(31-19-20-35-30-11-4-3-10-29(30)33-13-7-14-34(31)41(33)35)44-42(43-37)28-18-21-40-36(23-28)32-12-5-6-15-39(32)45-40/h1-24H. The molecule has 0 radical (unpaired) electrons. The zero-order valence-electron chi connectivity index (χ0n) is 24.2. The molecule has 45 heavy (non-hydrogen) atoms. The number of nitrogens with zero attached hydrogens (tertiary/aromatic N) is 2. The molecule has 0 amide bonds. The number of aromatic nitrogens is 2. The molecule has 3 heteroatoms. The minimum Gasteiger partial charge on any atom is -0.456 e. The molecule has 208 valence electrons. The average molecular weight is 573 g/mol. The molecule has 9 aromatic rings. The van der Waals surface area contributed by atoms with Gasteiger partial charge in [0.15, 0.2) is 5.82 Å². The number of furan rings is 1. The van der Waals surface area contributed by atoms with Gasteiger partial charge in [0, 0.05) is 27.5 Å². The summed E-state index contributed by atoms with van der Waals surface area (Å²) in [6.07, 6.45) is 0. The van der Waals surface area contributed by atoms with Gasteiger partial charge in [0.05, 0.1) is 11.4 Å². The van der Waals surface area contributed by atoms with E-state index in [-0.39, 0.29) is 0 Å². The van der Waals surface area contributed by atoms with Crippen LogP contribution in [0.25, 0.3) is 99.6 Å². The molecular formula is C42H24N2O. The molecule has 0 unspecified atom stereocenters. The van der Waals surface area contributed by atoms with Crippen LogP contribution in [0.15, 0.2) is 150 Å². The lowest BCUT2D eigenvalue weighted by Crippen LogP contribution is -1.96. The normalized spacial score (nSPS) is 12.0. The van der Waals surface area contributed by atoms with Gasteiger partial charge in [-0.3, -0.25) is 0 Å². The Bertz CT molecular complexity index is 2640. The molecule has 1 aliphatic rings. The van der Waals surface area contributed by atoms with Gasteiger partial charge in [0.25, 0.3) is 0 Å². The Morgan fingerprint density at radius 2 is 1.04 bits per heavy atom. The molecular weight excluding hydrogens is 548 g/mol. The second-order valence-corrected chi connectivity index (χ2v) is 11.8. The summed E-state index contributed by atoms with van der Waals surface area (Å²) in [6, 6.07) is 51.4. The fourth-order valence-electron chi connectivity index (χ4n) is 7.11. The Balaban J connectivity index is 1.23. The number of fused-ring (bicyclic) bond motifs is 7. The summed E-state index contributed by atoms with van der Waals surface area (Å²) in [5, 5.41) is 7.03. The molecule has 1 aliphatic carbocycles. The summed E-state index contributed by atoms with van der Waals surface area (Å²) >= 11 is 0. The molecule has 0 bridgehead atoms. The summed E-state index contributed by atoms with van der Waals surface area (Å²) in [7, 11) is 0. The van der Waals surface area contributed by atoms with Crippen molar-refractivity contribution in [3.63, 3.8) is 0 Å².